The smallest absolute Gasteiger partial charge is 0.337 e. The lowest BCUT2D eigenvalue weighted by atomic mass is 10.4. The summed E-state index contributed by atoms with van der Waals surface area (Å²) >= 11 is 0. The summed E-state index contributed by atoms with van der Waals surface area (Å²) in [6, 6.07) is 0. The fourth-order valence-corrected chi connectivity index (χ4v) is 0.630. The summed E-state index contributed by atoms with van der Waals surface area (Å²) in [5, 5.41) is 0. The van der Waals surface area contributed by atoms with Crippen LogP contribution in [-0.2, 0) is 14.3 Å². The van der Waals surface area contributed by atoms with Crippen LogP contribution >= 0.6 is 0 Å². The van der Waals surface area contributed by atoms with Gasteiger partial charge in [0.2, 0.25) is 6.29 Å². The summed E-state index contributed by atoms with van der Waals surface area (Å²) in [5.41, 5.74) is 0. The van der Waals surface area contributed by atoms with Crippen LogP contribution in [0.5, 0.6) is 0 Å². The van der Waals surface area contributed by atoms with E-state index in [0.717, 1.165) is 0 Å². The SMILES string of the molecule is CC1OC(=O)C(C)O1. The van der Waals surface area contributed by atoms with E-state index in [2.05, 4.69) is 4.74 Å². The third-order valence-corrected chi connectivity index (χ3v) is 1.01. The number of hydrogen-bond acceptors (Lipinski definition) is 3. The Bertz CT molecular complexity index is 110. The first-order chi connectivity index (χ1) is 3.70. The average molecular weight is 116 g/mol. The minimum absolute atomic E-state index is 0.266. The molecule has 0 aromatic carbocycles. The number of carbonyl (C=O) groups excluding carboxylic acids is 1. The Hall–Kier alpha value is -0.570. The van der Waals surface area contributed by atoms with Crippen LogP contribution in [0.1, 0.15) is 13.8 Å². The van der Waals surface area contributed by atoms with Gasteiger partial charge in [0.1, 0.15) is 0 Å². The van der Waals surface area contributed by atoms with Gasteiger partial charge in [-0.25, -0.2) is 4.79 Å². The molecule has 1 aliphatic heterocycles. The van der Waals surface area contributed by atoms with Gasteiger partial charge in [0.15, 0.2) is 6.10 Å². The Morgan fingerprint density at radius 2 is 2.12 bits per heavy atom. The average Bonchev–Trinajstić information content (AvgIpc) is 1.85. The normalized spacial score (nSPS) is 37.5. The number of esters is 1. The minimum Gasteiger partial charge on any atom is -0.434 e. The van der Waals surface area contributed by atoms with E-state index in [1.54, 1.807) is 13.8 Å². The minimum atomic E-state index is -0.370. The van der Waals surface area contributed by atoms with Gasteiger partial charge in [-0.3, -0.25) is 0 Å². The van der Waals surface area contributed by atoms with Crippen LogP contribution in [0, 0.1) is 0 Å². The van der Waals surface area contributed by atoms with Crippen molar-refractivity contribution in [3.63, 3.8) is 0 Å². The lowest BCUT2D eigenvalue weighted by molar-refractivity contribution is -0.142. The van der Waals surface area contributed by atoms with Crippen molar-refractivity contribution in [3.8, 4) is 0 Å². The zero-order chi connectivity index (χ0) is 6.15. The number of carbonyl (C=O) groups is 1. The maximum absolute atomic E-state index is 10.4. The highest BCUT2D eigenvalue weighted by Gasteiger charge is 2.27. The van der Waals surface area contributed by atoms with Crippen molar-refractivity contribution < 1.29 is 14.3 Å². The first-order valence-corrected chi connectivity index (χ1v) is 2.56. The molecule has 0 radical (unpaired) electrons. The second-order valence-corrected chi connectivity index (χ2v) is 1.78. The van der Waals surface area contributed by atoms with Gasteiger partial charge in [-0.05, 0) is 13.8 Å². The molecule has 0 aromatic rings. The highest BCUT2D eigenvalue weighted by atomic mass is 16.7. The Labute approximate surface area is 47.6 Å². The van der Waals surface area contributed by atoms with Crippen molar-refractivity contribution in [2.45, 2.75) is 26.2 Å². The molecular formula is C5H8O3. The fourth-order valence-electron chi connectivity index (χ4n) is 0.630. The third-order valence-electron chi connectivity index (χ3n) is 1.01. The predicted molar refractivity (Wildman–Crippen MR) is 26.1 cm³/mol. The lowest BCUT2D eigenvalue weighted by Gasteiger charge is -1.96. The van der Waals surface area contributed by atoms with Crippen molar-refractivity contribution >= 4 is 5.97 Å². The molecule has 0 aliphatic carbocycles. The molecule has 0 spiro atoms. The number of ether oxygens (including phenoxy) is 2. The van der Waals surface area contributed by atoms with Crippen molar-refractivity contribution in [3.05, 3.63) is 0 Å². The highest BCUT2D eigenvalue weighted by Crippen LogP contribution is 2.10. The van der Waals surface area contributed by atoms with Gasteiger partial charge in [-0.15, -0.1) is 0 Å². The Morgan fingerprint density at radius 1 is 1.50 bits per heavy atom. The van der Waals surface area contributed by atoms with Crippen molar-refractivity contribution in [1.29, 1.82) is 0 Å². The zero-order valence-electron chi connectivity index (χ0n) is 4.88. The van der Waals surface area contributed by atoms with Crippen LogP contribution in [-0.4, -0.2) is 18.4 Å². The molecule has 1 aliphatic rings. The second kappa shape index (κ2) is 1.74. The molecule has 8 heavy (non-hydrogen) atoms. The molecule has 46 valence electrons. The maximum atomic E-state index is 10.4. The molecule has 1 rings (SSSR count). The zero-order valence-corrected chi connectivity index (χ0v) is 4.88. The molecule has 2 unspecified atom stereocenters. The fraction of sp³-hybridized carbons (Fsp3) is 0.800. The maximum Gasteiger partial charge on any atom is 0.337 e. The summed E-state index contributed by atoms with van der Waals surface area (Å²) in [7, 11) is 0. The van der Waals surface area contributed by atoms with Crippen LogP contribution < -0.4 is 0 Å². The molecule has 0 saturated carbocycles. The van der Waals surface area contributed by atoms with E-state index in [4.69, 9.17) is 4.74 Å². The van der Waals surface area contributed by atoms with Gasteiger partial charge in [-0.2, -0.15) is 0 Å². The van der Waals surface area contributed by atoms with Crippen LogP contribution in [0.15, 0.2) is 0 Å². The van der Waals surface area contributed by atoms with E-state index < -0.39 is 0 Å². The van der Waals surface area contributed by atoms with Gasteiger partial charge in [0, 0.05) is 0 Å². The van der Waals surface area contributed by atoms with Crippen molar-refractivity contribution in [2.24, 2.45) is 0 Å². The number of rotatable bonds is 0. The molecule has 0 amide bonds. The summed E-state index contributed by atoms with van der Waals surface area (Å²) in [5.74, 6) is -0.266. The molecular weight excluding hydrogens is 108 g/mol. The molecule has 1 heterocycles. The topological polar surface area (TPSA) is 35.5 Å². The molecule has 2 atom stereocenters. The molecule has 1 fully saturated rings. The van der Waals surface area contributed by atoms with Crippen LogP contribution in [0.25, 0.3) is 0 Å². The Morgan fingerprint density at radius 3 is 2.25 bits per heavy atom. The standard InChI is InChI=1S/C5H8O3/c1-3-5(6)8-4(2)7-3/h3-4H,1-2H3. The van der Waals surface area contributed by atoms with E-state index in [0.29, 0.717) is 0 Å². The molecule has 3 nitrogen and oxygen atoms in total. The molecule has 0 N–H and O–H groups in total. The highest BCUT2D eigenvalue weighted by molar-refractivity contribution is 5.75. The number of cyclic esters (lactones) is 1. The summed E-state index contributed by atoms with van der Waals surface area (Å²) in [6.45, 7) is 3.37. The lowest BCUT2D eigenvalue weighted by Crippen LogP contribution is -2.09. The predicted octanol–water partition coefficient (Wildman–Crippen LogP) is 0.294. The molecule has 0 bridgehead atoms. The molecule has 1 saturated heterocycles. The Kier molecular flexibility index (Phi) is 1.21. The Balaban J connectivity index is 2.51. The second-order valence-electron chi connectivity index (χ2n) is 1.78. The van der Waals surface area contributed by atoms with Gasteiger partial charge in [0.05, 0.1) is 0 Å². The van der Waals surface area contributed by atoms with Gasteiger partial charge in [-0.1, -0.05) is 0 Å². The molecule has 3 heteroatoms. The van der Waals surface area contributed by atoms with Gasteiger partial charge >= 0.3 is 5.97 Å². The monoisotopic (exact) mass is 116 g/mol. The van der Waals surface area contributed by atoms with Gasteiger partial charge in [0.25, 0.3) is 0 Å². The van der Waals surface area contributed by atoms with Crippen molar-refractivity contribution in [1.82, 2.24) is 0 Å². The van der Waals surface area contributed by atoms with E-state index in [9.17, 15) is 4.79 Å². The largest absolute Gasteiger partial charge is 0.434 e. The summed E-state index contributed by atoms with van der Waals surface area (Å²) in [4.78, 5) is 10.4. The molecule has 0 aromatic heterocycles. The van der Waals surface area contributed by atoms with E-state index >= 15 is 0 Å². The van der Waals surface area contributed by atoms with Crippen LogP contribution in [0.4, 0.5) is 0 Å². The van der Waals surface area contributed by atoms with Gasteiger partial charge < -0.3 is 9.47 Å². The van der Waals surface area contributed by atoms with Crippen LogP contribution in [0.3, 0.4) is 0 Å². The van der Waals surface area contributed by atoms with E-state index in [-0.39, 0.29) is 18.4 Å². The van der Waals surface area contributed by atoms with E-state index in [1.807, 2.05) is 0 Å². The first-order valence-electron chi connectivity index (χ1n) is 2.56. The summed E-state index contributed by atoms with van der Waals surface area (Å²) < 4.78 is 9.51. The first kappa shape index (κ1) is 5.56. The quantitative estimate of drug-likeness (QED) is 0.427. The van der Waals surface area contributed by atoms with Crippen molar-refractivity contribution in [2.75, 3.05) is 0 Å². The number of hydrogen-bond donors (Lipinski definition) is 0. The summed E-state index contributed by atoms with van der Waals surface area (Å²) in [6.07, 6.45) is -0.720. The van der Waals surface area contributed by atoms with E-state index in [1.165, 1.54) is 0 Å². The van der Waals surface area contributed by atoms with Crippen LogP contribution in [0.2, 0.25) is 0 Å². The third kappa shape index (κ3) is 0.816.